The summed E-state index contributed by atoms with van der Waals surface area (Å²) in [6.07, 6.45) is 1.62. The molecule has 0 saturated carbocycles. The molecule has 1 aliphatic rings. The maximum atomic E-state index is 13.3. The highest BCUT2D eigenvalue weighted by molar-refractivity contribution is 5.70. The Bertz CT molecular complexity index is 464. The number of benzene rings is 1. The van der Waals surface area contributed by atoms with Gasteiger partial charge in [0.05, 0.1) is 13.0 Å². The van der Waals surface area contributed by atoms with Gasteiger partial charge in [-0.25, -0.2) is 4.39 Å². The first-order valence-electron chi connectivity index (χ1n) is 6.37. The number of carboxylic acid groups (broad SMARTS) is 1. The number of carbonyl (C=O) groups is 1. The summed E-state index contributed by atoms with van der Waals surface area (Å²) in [6.45, 7) is 2.05. The van der Waals surface area contributed by atoms with Crippen molar-refractivity contribution in [2.75, 3.05) is 20.2 Å². The van der Waals surface area contributed by atoms with Crippen LogP contribution in [0.25, 0.3) is 0 Å². The Morgan fingerprint density at radius 2 is 2.37 bits per heavy atom. The van der Waals surface area contributed by atoms with Crippen LogP contribution in [0.5, 0.6) is 5.75 Å². The molecule has 2 rings (SSSR count). The normalized spacial score (nSPS) is 20.2. The van der Waals surface area contributed by atoms with Crippen molar-refractivity contribution in [3.05, 3.63) is 29.6 Å². The van der Waals surface area contributed by atoms with Crippen LogP contribution in [-0.2, 0) is 11.3 Å². The van der Waals surface area contributed by atoms with Crippen LogP contribution in [0.15, 0.2) is 18.2 Å². The molecule has 0 aromatic heterocycles. The molecule has 0 aliphatic carbocycles. The van der Waals surface area contributed by atoms with Crippen LogP contribution < -0.4 is 4.74 Å². The minimum Gasteiger partial charge on any atom is -0.494 e. The third-order valence-electron chi connectivity index (χ3n) is 3.48. The average molecular weight is 267 g/mol. The van der Waals surface area contributed by atoms with Gasteiger partial charge < -0.3 is 9.84 Å². The zero-order valence-electron chi connectivity index (χ0n) is 10.9. The van der Waals surface area contributed by atoms with E-state index in [1.165, 1.54) is 13.2 Å². The molecule has 1 aromatic carbocycles. The van der Waals surface area contributed by atoms with E-state index < -0.39 is 5.97 Å². The van der Waals surface area contributed by atoms with E-state index in [0.29, 0.717) is 13.1 Å². The second kappa shape index (κ2) is 6.02. The topological polar surface area (TPSA) is 49.8 Å². The third-order valence-corrected chi connectivity index (χ3v) is 3.48. The highest BCUT2D eigenvalue weighted by Gasteiger charge is 2.25. The Hall–Kier alpha value is -1.62. The predicted molar refractivity (Wildman–Crippen MR) is 68.6 cm³/mol. The van der Waals surface area contributed by atoms with Crippen molar-refractivity contribution >= 4 is 5.97 Å². The lowest BCUT2D eigenvalue weighted by Gasteiger charge is -2.30. The lowest BCUT2D eigenvalue weighted by molar-refractivity contribution is -0.143. The number of methoxy groups -OCH3 is 1. The van der Waals surface area contributed by atoms with Gasteiger partial charge in [-0.3, -0.25) is 9.69 Å². The lowest BCUT2D eigenvalue weighted by Crippen LogP contribution is -2.38. The monoisotopic (exact) mass is 267 g/mol. The van der Waals surface area contributed by atoms with E-state index in [-0.39, 0.29) is 17.5 Å². The molecular formula is C14H18FNO3. The maximum absolute atomic E-state index is 13.3. The SMILES string of the molecule is COc1cc(CN2CCC[C@@H](C(=O)O)C2)ccc1F. The Kier molecular flexibility index (Phi) is 4.37. The van der Waals surface area contributed by atoms with Crippen molar-refractivity contribution in [1.29, 1.82) is 0 Å². The highest BCUT2D eigenvalue weighted by Crippen LogP contribution is 2.22. The second-order valence-corrected chi connectivity index (χ2v) is 4.88. The summed E-state index contributed by atoms with van der Waals surface area (Å²) in [4.78, 5) is 13.1. The Balaban J connectivity index is 2.02. The highest BCUT2D eigenvalue weighted by atomic mass is 19.1. The Morgan fingerprint density at radius 1 is 1.58 bits per heavy atom. The summed E-state index contributed by atoms with van der Waals surface area (Å²) in [5.74, 6) is -1.19. The van der Waals surface area contributed by atoms with Gasteiger partial charge in [0.1, 0.15) is 0 Å². The standard InChI is InChI=1S/C14H18FNO3/c1-19-13-7-10(4-5-12(13)15)8-16-6-2-3-11(9-16)14(17)18/h4-5,7,11H,2-3,6,8-9H2,1H3,(H,17,18)/t11-/m1/s1. The third kappa shape index (κ3) is 3.44. The van der Waals surface area contributed by atoms with Crippen molar-refractivity contribution in [2.24, 2.45) is 5.92 Å². The predicted octanol–water partition coefficient (Wildman–Crippen LogP) is 2.13. The first kappa shape index (κ1) is 13.8. The van der Waals surface area contributed by atoms with Gasteiger partial charge in [-0.1, -0.05) is 6.07 Å². The largest absolute Gasteiger partial charge is 0.494 e. The number of hydrogen-bond donors (Lipinski definition) is 1. The van der Waals surface area contributed by atoms with Crippen LogP contribution >= 0.6 is 0 Å². The van der Waals surface area contributed by atoms with Crippen LogP contribution in [0, 0.1) is 11.7 Å². The quantitative estimate of drug-likeness (QED) is 0.908. The summed E-state index contributed by atoms with van der Waals surface area (Å²) in [7, 11) is 1.43. The molecule has 0 spiro atoms. The zero-order valence-corrected chi connectivity index (χ0v) is 10.9. The number of piperidine rings is 1. The fourth-order valence-corrected chi connectivity index (χ4v) is 2.46. The summed E-state index contributed by atoms with van der Waals surface area (Å²) < 4.78 is 18.2. The van der Waals surface area contributed by atoms with E-state index in [1.54, 1.807) is 12.1 Å². The number of nitrogens with zero attached hydrogens (tertiary/aromatic N) is 1. The number of hydrogen-bond acceptors (Lipinski definition) is 3. The molecule has 0 radical (unpaired) electrons. The zero-order chi connectivity index (χ0) is 13.8. The van der Waals surface area contributed by atoms with Gasteiger partial charge >= 0.3 is 5.97 Å². The van der Waals surface area contributed by atoms with Crippen LogP contribution in [0.2, 0.25) is 0 Å². The molecule has 19 heavy (non-hydrogen) atoms. The number of likely N-dealkylation sites (tertiary alicyclic amines) is 1. The molecule has 1 fully saturated rings. The van der Waals surface area contributed by atoms with Crippen molar-refractivity contribution in [1.82, 2.24) is 4.90 Å². The van der Waals surface area contributed by atoms with Gasteiger partial charge in [-0.2, -0.15) is 0 Å². The van der Waals surface area contributed by atoms with E-state index >= 15 is 0 Å². The number of carboxylic acids is 1. The Labute approximate surface area is 111 Å². The summed E-state index contributed by atoms with van der Waals surface area (Å²) in [6, 6.07) is 4.76. The maximum Gasteiger partial charge on any atom is 0.307 e. The fraction of sp³-hybridized carbons (Fsp3) is 0.500. The van der Waals surface area contributed by atoms with Crippen LogP contribution in [0.4, 0.5) is 4.39 Å². The molecule has 0 amide bonds. The molecule has 1 aromatic rings. The van der Waals surface area contributed by atoms with Crippen molar-refractivity contribution in [3.63, 3.8) is 0 Å². The minimum atomic E-state index is -0.735. The smallest absolute Gasteiger partial charge is 0.307 e. The lowest BCUT2D eigenvalue weighted by atomic mass is 9.98. The Morgan fingerprint density at radius 3 is 3.05 bits per heavy atom. The number of rotatable bonds is 4. The van der Waals surface area contributed by atoms with E-state index in [4.69, 9.17) is 9.84 Å². The first-order valence-corrected chi connectivity index (χ1v) is 6.37. The van der Waals surface area contributed by atoms with E-state index in [0.717, 1.165) is 24.9 Å². The first-order chi connectivity index (χ1) is 9.10. The number of ether oxygens (including phenoxy) is 1. The molecule has 5 heteroatoms. The van der Waals surface area contributed by atoms with E-state index in [1.807, 2.05) is 0 Å². The summed E-state index contributed by atoms with van der Waals surface area (Å²) in [5.41, 5.74) is 0.935. The van der Waals surface area contributed by atoms with Gasteiger partial charge in [0.25, 0.3) is 0 Å². The van der Waals surface area contributed by atoms with Crippen LogP contribution in [0.3, 0.4) is 0 Å². The molecule has 1 saturated heterocycles. The summed E-state index contributed by atoms with van der Waals surface area (Å²) in [5, 5.41) is 9.04. The molecular weight excluding hydrogens is 249 g/mol. The van der Waals surface area contributed by atoms with Gasteiger partial charge in [-0.15, -0.1) is 0 Å². The van der Waals surface area contributed by atoms with Crippen molar-refractivity contribution in [3.8, 4) is 5.75 Å². The molecule has 4 nitrogen and oxygen atoms in total. The minimum absolute atomic E-state index is 0.226. The van der Waals surface area contributed by atoms with Gasteiger partial charge in [-0.05, 0) is 37.1 Å². The molecule has 1 aliphatic heterocycles. The molecule has 0 unspecified atom stereocenters. The van der Waals surface area contributed by atoms with Crippen LogP contribution in [0.1, 0.15) is 18.4 Å². The van der Waals surface area contributed by atoms with Crippen molar-refractivity contribution in [2.45, 2.75) is 19.4 Å². The second-order valence-electron chi connectivity index (χ2n) is 4.88. The molecule has 0 bridgehead atoms. The number of aliphatic carboxylic acids is 1. The van der Waals surface area contributed by atoms with Gasteiger partial charge in [0.2, 0.25) is 0 Å². The van der Waals surface area contributed by atoms with Gasteiger partial charge in [0, 0.05) is 13.1 Å². The summed E-state index contributed by atoms with van der Waals surface area (Å²) >= 11 is 0. The number of halogens is 1. The van der Waals surface area contributed by atoms with Crippen LogP contribution in [-0.4, -0.2) is 36.2 Å². The molecule has 1 heterocycles. The van der Waals surface area contributed by atoms with E-state index in [2.05, 4.69) is 4.90 Å². The van der Waals surface area contributed by atoms with Crippen molar-refractivity contribution < 1.29 is 19.0 Å². The molecule has 1 atom stereocenters. The van der Waals surface area contributed by atoms with E-state index in [9.17, 15) is 9.18 Å². The van der Waals surface area contributed by atoms with Gasteiger partial charge in [0.15, 0.2) is 11.6 Å². The molecule has 1 N–H and O–H groups in total. The fourth-order valence-electron chi connectivity index (χ4n) is 2.46. The average Bonchev–Trinajstić information content (AvgIpc) is 2.41. The molecule has 104 valence electrons.